The van der Waals surface area contributed by atoms with Gasteiger partial charge in [-0.05, 0) is 72.9 Å². The van der Waals surface area contributed by atoms with Gasteiger partial charge in [-0.25, -0.2) is 9.97 Å². The topological polar surface area (TPSA) is 59.4 Å². The van der Waals surface area contributed by atoms with Crippen molar-refractivity contribution in [1.29, 1.82) is 0 Å². The van der Waals surface area contributed by atoms with E-state index in [1.54, 1.807) is 13.4 Å². The zero-order valence-electron chi connectivity index (χ0n) is 18.5. The molecule has 0 spiro atoms. The van der Waals surface area contributed by atoms with Crippen LogP contribution >= 0.6 is 11.3 Å². The number of hydrogen-bond donors (Lipinski definition) is 1. The number of nitrogens with one attached hydrogen (secondary N) is 1. The van der Waals surface area contributed by atoms with Crippen molar-refractivity contribution >= 4 is 33.1 Å². The average Bonchev–Trinajstić information content (AvgIpc) is 3.16. The zero-order chi connectivity index (χ0) is 21.3. The van der Waals surface area contributed by atoms with Crippen LogP contribution < -0.4 is 10.2 Å². The molecule has 158 valence electrons. The van der Waals surface area contributed by atoms with Gasteiger partial charge in [0.15, 0.2) is 5.82 Å². The van der Waals surface area contributed by atoms with Crippen LogP contribution in [0.3, 0.4) is 0 Å². The number of anilines is 1. The summed E-state index contributed by atoms with van der Waals surface area (Å²) in [5, 5.41) is 5.78. The number of thiophene rings is 1. The molecule has 6 heteroatoms. The van der Waals surface area contributed by atoms with Gasteiger partial charge >= 0.3 is 0 Å². The fourth-order valence-electron chi connectivity index (χ4n) is 4.18. The van der Waals surface area contributed by atoms with E-state index in [4.69, 9.17) is 4.74 Å². The van der Waals surface area contributed by atoms with Crippen molar-refractivity contribution in [1.82, 2.24) is 9.97 Å². The molecule has 3 aromatic rings. The second kappa shape index (κ2) is 8.34. The number of benzene rings is 1. The van der Waals surface area contributed by atoms with Crippen molar-refractivity contribution in [2.75, 3.05) is 12.5 Å². The first-order valence-electron chi connectivity index (χ1n) is 10.6. The Hall–Kier alpha value is -2.47. The first kappa shape index (κ1) is 20.8. The second-order valence-corrected chi connectivity index (χ2v) is 9.81. The van der Waals surface area contributed by atoms with Crippen LogP contribution in [-0.4, -0.2) is 22.8 Å². The van der Waals surface area contributed by atoms with Crippen LogP contribution in [0.1, 0.15) is 56.5 Å². The zero-order valence-corrected chi connectivity index (χ0v) is 19.3. The van der Waals surface area contributed by atoms with E-state index in [1.165, 1.54) is 23.3 Å². The second-order valence-electron chi connectivity index (χ2n) is 8.73. The van der Waals surface area contributed by atoms with Gasteiger partial charge in [0.2, 0.25) is 0 Å². The Morgan fingerprint density at radius 1 is 1.27 bits per heavy atom. The largest absolute Gasteiger partial charge is 0.497 e. The van der Waals surface area contributed by atoms with Crippen molar-refractivity contribution in [2.45, 2.75) is 53.4 Å². The SMILES string of the molecule is CCC(C)(C)[C@@H]1CCc2sc3ncnc(N/N=C(\C)c4ccc(OC)cc4)c3c2C1. The minimum atomic E-state index is 0.346. The van der Waals surface area contributed by atoms with Crippen LogP contribution in [0.4, 0.5) is 5.82 Å². The van der Waals surface area contributed by atoms with Crippen LogP contribution in [0, 0.1) is 11.3 Å². The third-order valence-corrected chi connectivity index (χ3v) is 7.89. The summed E-state index contributed by atoms with van der Waals surface area (Å²) in [4.78, 5) is 11.6. The Balaban J connectivity index is 1.64. The van der Waals surface area contributed by atoms with Gasteiger partial charge in [0.25, 0.3) is 0 Å². The van der Waals surface area contributed by atoms with Gasteiger partial charge in [-0.1, -0.05) is 27.2 Å². The van der Waals surface area contributed by atoms with E-state index < -0.39 is 0 Å². The van der Waals surface area contributed by atoms with Gasteiger partial charge in [-0.15, -0.1) is 11.3 Å². The van der Waals surface area contributed by atoms with E-state index in [0.29, 0.717) is 11.3 Å². The highest BCUT2D eigenvalue weighted by atomic mass is 32.1. The van der Waals surface area contributed by atoms with Crippen LogP contribution in [0.5, 0.6) is 5.75 Å². The number of fused-ring (bicyclic) bond motifs is 3. The third-order valence-electron chi connectivity index (χ3n) is 6.69. The summed E-state index contributed by atoms with van der Waals surface area (Å²) >= 11 is 1.82. The fraction of sp³-hybridized carbons (Fsp3) is 0.458. The van der Waals surface area contributed by atoms with Crippen LogP contribution in [0.25, 0.3) is 10.2 Å². The molecule has 0 aliphatic heterocycles. The molecule has 0 fully saturated rings. The van der Waals surface area contributed by atoms with Gasteiger partial charge in [0, 0.05) is 4.88 Å². The average molecular weight is 423 g/mol. The minimum Gasteiger partial charge on any atom is -0.497 e. The molecular formula is C24H30N4OS. The number of nitrogens with zero attached hydrogens (tertiary/aromatic N) is 3. The molecule has 5 nitrogen and oxygen atoms in total. The molecule has 0 bridgehead atoms. The Bertz CT molecular complexity index is 1070. The lowest BCUT2D eigenvalue weighted by molar-refractivity contribution is 0.184. The molecule has 4 rings (SSSR count). The predicted molar refractivity (Wildman–Crippen MR) is 126 cm³/mol. The third kappa shape index (κ3) is 3.93. The highest BCUT2D eigenvalue weighted by Crippen LogP contribution is 2.45. The first-order chi connectivity index (χ1) is 14.4. The molecule has 1 aliphatic rings. The lowest BCUT2D eigenvalue weighted by Gasteiger charge is -2.36. The maximum Gasteiger partial charge on any atom is 0.158 e. The maximum atomic E-state index is 5.24. The predicted octanol–water partition coefficient (Wildman–Crippen LogP) is 6.08. The highest BCUT2D eigenvalue weighted by Gasteiger charge is 2.33. The van der Waals surface area contributed by atoms with E-state index in [-0.39, 0.29) is 0 Å². The summed E-state index contributed by atoms with van der Waals surface area (Å²) in [5.74, 6) is 2.33. The summed E-state index contributed by atoms with van der Waals surface area (Å²) in [6.45, 7) is 9.09. The molecule has 0 amide bonds. The Labute approximate surface area is 182 Å². The number of aryl methyl sites for hydroxylation is 1. The molecule has 2 heterocycles. The van der Waals surface area contributed by atoms with E-state index in [0.717, 1.165) is 45.9 Å². The maximum absolute atomic E-state index is 5.24. The molecule has 0 saturated heterocycles. The number of methoxy groups -OCH3 is 1. The lowest BCUT2D eigenvalue weighted by Crippen LogP contribution is -2.28. The quantitative estimate of drug-likeness (QED) is 0.386. The summed E-state index contributed by atoms with van der Waals surface area (Å²) in [6, 6.07) is 7.92. The van der Waals surface area contributed by atoms with E-state index in [2.05, 4.69) is 41.3 Å². The summed E-state index contributed by atoms with van der Waals surface area (Å²) in [6.07, 6.45) is 6.32. The summed E-state index contributed by atoms with van der Waals surface area (Å²) in [7, 11) is 1.67. The smallest absolute Gasteiger partial charge is 0.158 e. The molecule has 2 aromatic heterocycles. The van der Waals surface area contributed by atoms with Gasteiger partial charge < -0.3 is 4.74 Å². The van der Waals surface area contributed by atoms with Crippen LogP contribution in [0.2, 0.25) is 0 Å². The van der Waals surface area contributed by atoms with Crippen molar-refractivity contribution in [2.24, 2.45) is 16.4 Å². The standard InChI is InChI=1S/C24H30N4OS/c1-6-24(3,4)17-9-12-20-19(13-17)21-22(25-14-26-23(21)30-20)28-27-15(2)16-7-10-18(29-5)11-8-16/h7-8,10-11,14,17H,6,9,12-13H2,1-5H3,(H,25,26,28)/b27-15+/t17-/m1/s1. The van der Waals surface area contributed by atoms with Gasteiger partial charge in [-0.3, -0.25) is 5.43 Å². The molecule has 1 aromatic carbocycles. The van der Waals surface area contributed by atoms with Crippen molar-refractivity contribution in [3.8, 4) is 5.75 Å². The molecular weight excluding hydrogens is 392 g/mol. The molecule has 30 heavy (non-hydrogen) atoms. The molecule has 0 unspecified atom stereocenters. The van der Waals surface area contributed by atoms with Gasteiger partial charge in [-0.2, -0.15) is 5.10 Å². The Kier molecular flexibility index (Phi) is 5.78. The highest BCUT2D eigenvalue weighted by molar-refractivity contribution is 7.19. The minimum absolute atomic E-state index is 0.346. The number of hydrazone groups is 1. The van der Waals surface area contributed by atoms with E-state index in [1.807, 2.05) is 42.5 Å². The fourth-order valence-corrected chi connectivity index (χ4v) is 5.37. The van der Waals surface area contributed by atoms with Crippen molar-refractivity contribution in [3.63, 3.8) is 0 Å². The normalized spacial score (nSPS) is 17.1. The number of rotatable bonds is 6. The monoisotopic (exact) mass is 422 g/mol. The van der Waals surface area contributed by atoms with Crippen molar-refractivity contribution in [3.05, 3.63) is 46.6 Å². The van der Waals surface area contributed by atoms with Crippen molar-refractivity contribution < 1.29 is 4.74 Å². The first-order valence-corrected chi connectivity index (χ1v) is 11.4. The molecule has 1 atom stereocenters. The molecule has 1 aliphatic carbocycles. The number of aromatic nitrogens is 2. The Morgan fingerprint density at radius 2 is 2.03 bits per heavy atom. The summed E-state index contributed by atoms with van der Waals surface area (Å²) in [5.41, 5.74) is 6.95. The molecule has 0 saturated carbocycles. The van der Waals surface area contributed by atoms with Gasteiger partial charge in [0.05, 0.1) is 18.2 Å². The summed E-state index contributed by atoms with van der Waals surface area (Å²) < 4.78 is 5.24. The molecule has 1 N–H and O–H groups in total. The van der Waals surface area contributed by atoms with Crippen LogP contribution in [0.15, 0.2) is 35.7 Å². The van der Waals surface area contributed by atoms with Gasteiger partial charge in [0.1, 0.15) is 16.9 Å². The number of ether oxygens (including phenoxy) is 1. The Morgan fingerprint density at radius 3 is 2.73 bits per heavy atom. The molecule has 0 radical (unpaired) electrons. The van der Waals surface area contributed by atoms with E-state index in [9.17, 15) is 0 Å². The lowest BCUT2D eigenvalue weighted by atomic mass is 9.69. The number of hydrogen-bond acceptors (Lipinski definition) is 6. The van der Waals surface area contributed by atoms with Crippen LogP contribution in [-0.2, 0) is 12.8 Å². The van der Waals surface area contributed by atoms with E-state index >= 15 is 0 Å².